The largest absolute Gasteiger partial charge is 0.359 e. The highest BCUT2D eigenvalue weighted by Crippen LogP contribution is 2.42. The molecule has 1 saturated carbocycles. The number of amides is 1. The molecule has 1 unspecified atom stereocenters. The highest BCUT2D eigenvalue weighted by atomic mass is 32.2. The molecule has 186 valence electrons. The van der Waals surface area contributed by atoms with Crippen molar-refractivity contribution in [3.63, 3.8) is 0 Å². The highest BCUT2D eigenvalue weighted by Gasteiger charge is 2.36. The van der Waals surface area contributed by atoms with Gasteiger partial charge in [0.2, 0.25) is 15.9 Å². The molecule has 1 fully saturated rings. The summed E-state index contributed by atoms with van der Waals surface area (Å²) in [6.07, 6.45) is 3.76. The Morgan fingerprint density at radius 3 is 2.65 bits per heavy atom. The molecule has 0 aliphatic heterocycles. The van der Waals surface area contributed by atoms with Gasteiger partial charge in [0.1, 0.15) is 15.7 Å². The Balaban J connectivity index is 1.55. The van der Waals surface area contributed by atoms with Crippen LogP contribution in [0.25, 0.3) is 0 Å². The van der Waals surface area contributed by atoms with Gasteiger partial charge in [-0.1, -0.05) is 13.8 Å². The van der Waals surface area contributed by atoms with Crippen LogP contribution in [-0.4, -0.2) is 41.8 Å². The smallest absolute Gasteiger partial charge is 0.243 e. The van der Waals surface area contributed by atoms with Gasteiger partial charge in [-0.2, -0.15) is 5.10 Å². The van der Waals surface area contributed by atoms with E-state index >= 15 is 0 Å². The van der Waals surface area contributed by atoms with E-state index in [0.717, 1.165) is 47.6 Å². The van der Waals surface area contributed by atoms with Gasteiger partial charge in [0, 0.05) is 36.5 Å². The number of nitrogens with one attached hydrogen (secondary N) is 4. The molecule has 12 heteroatoms. The number of aryl methyl sites for hydroxylation is 3. The third-order valence-electron chi connectivity index (χ3n) is 5.93. The molecule has 0 spiro atoms. The Hall–Kier alpha value is -2.02. The molecule has 0 bridgehead atoms. The molecule has 1 amide bonds. The van der Waals surface area contributed by atoms with Crippen molar-refractivity contribution in [2.75, 3.05) is 17.2 Å². The number of rotatable bonds is 8. The number of fused-ring (bicyclic) bond motifs is 1. The fourth-order valence-electron chi connectivity index (χ4n) is 4.02. The molecule has 4 N–H and O–H groups in total. The van der Waals surface area contributed by atoms with Crippen molar-refractivity contribution in [2.45, 2.75) is 63.8 Å². The van der Waals surface area contributed by atoms with E-state index in [0.29, 0.717) is 23.1 Å². The summed E-state index contributed by atoms with van der Waals surface area (Å²) in [4.78, 5) is 13.7. The van der Waals surface area contributed by atoms with Crippen molar-refractivity contribution < 1.29 is 13.2 Å². The lowest BCUT2D eigenvalue weighted by Gasteiger charge is -2.25. The van der Waals surface area contributed by atoms with Gasteiger partial charge in [0.05, 0.1) is 5.69 Å². The van der Waals surface area contributed by atoms with Gasteiger partial charge >= 0.3 is 0 Å². The maximum atomic E-state index is 13.3. The first-order valence-electron chi connectivity index (χ1n) is 11.6. The van der Waals surface area contributed by atoms with Crippen molar-refractivity contribution >= 4 is 55.4 Å². The summed E-state index contributed by atoms with van der Waals surface area (Å²) in [6.45, 7) is 6.16. The molecule has 9 nitrogen and oxygen atoms in total. The second-order valence-corrected chi connectivity index (χ2v) is 12.7. The first kappa shape index (κ1) is 25.1. The Labute approximate surface area is 210 Å². The predicted molar refractivity (Wildman–Crippen MR) is 139 cm³/mol. The average Bonchev–Trinajstić information content (AvgIpc) is 3.46. The normalized spacial score (nSPS) is 18.0. The molecule has 0 aromatic carbocycles. The Kier molecular flexibility index (Phi) is 7.32. The van der Waals surface area contributed by atoms with Gasteiger partial charge in [-0.05, 0) is 62.7 Å². The molecular weight excluding hydrogens is 492 g/mol. The number of nitrogens with zero attached hydrogens (tertiary/aromatic N) is 2. The van der Waals surface area contributed by atoms with Crippen LogP contribution in [0.4, 0.5) is 10.8 Å². The van der Waals surface area contributed by atoms with Crippen molar-refractivity contribution in [3.8, 4) is 0 Å². The standard InChI is InChI=1S/C22H32N6O3S3/c1-12(2)11-23-34(30,31)19-16-10-15(24-22(32)25-18-9-13(3)27-28(18)4)7-8-17(16)33-21(19)26-20(29)14-5-6-14/h9,12,14-15,23H,5-8,10-11H2,1-4H3,(H,26,29)(H2,24,25,32). The zero-order chi connectivity index (χ0) is 24.6. The number of carbonyl (C=O) groups excluding carboxylic acids is 1. The molecule has 0 radical (unpaired) electrons. The molecule has 1 atom stereocenters. The van der Waals surface area contributed by atoms with Crippen LogP contribution in [-0.2, 0) is 34.7 Å². The van der Waals surface area contributed by atoms with Gasteiger partial charge in [0.25, 0.3) is 0 Å². The van der Waals surface area contributed by atoms with E-state index < -0.39 is 10.0 Å². The minimum absolute atomic E-state index is 0.00759. The quantitative estimate of drug-likeness (QED) is 0.392. The van der Waals surface area contributed by atoms with Gasteiger partial charge in [0.15, 0.2) is 5.11 Å². The molecule has 2 aromatic heterocycles. The number of sulfonamides is 1. The van der Waals surface area contributed by atoms with E-state index in [9.17, 15) is 13.2 Å². The number of anilines is 2. The first-order chi connectivity index (χ1) is 16.0. The zero-order valence-corrected chi connectivity index (χ0v) is 22.3. The summed E-state index contributed by atoms with van der Waals surface area (Å²) < 4.78 is 31.1. The lowest BCUT2D eigenvalue weighted by atomic mass is 9.94. The molecular formula is C22H32N6O3S3. The van der Waals surface area contributed by atoms with E-state index in [2.05, 4.69) is 25.8 Å². The fraction of sp³-hybridized carbons (Fsp3) is 0.591. The number of thiophene rings is 1. The molecule has 2 aliphatic carbocycles. The first-order valence-corrected chi connectivity index (χ1v) is 14.3. The zero-order valence-electron chi connectivity index (χ0n) is 19.9. The van der Waals surface area contributed by atoms with E-state index in [-0.39, 0.29) is 28.7 Å². The topological polar surface area (TPSA) is 117 Å². The van der Waals surface area contributed by atoms with Crippen LogP contribution in [0, 0.1) is 18.8 Å². The van der Waals surface area contributed by atoms with E-state index in [4.69, 9.17) is 12.2 Å². The minimum atomic E-state index is -3.78. The SMILES string of the molecule is Cc1cc(NC(=S)NC2CCc3sc(NC(=O)C4CC4)c(S(=O)(=O)NCC(C)C)c3C2)n(C)n1. The Morgan fingerprint density at radius 1 is 1.29 bits per heavy atom. The summed E-state index contributed by atoms with van der Waals surface area (Å²) in [7, 11) is -1.94. The molecule has 2 aromatic rings. The summed E-state index contributed by atoms with van der Waals surface area (Å²) in [5.74, 6) is 0.854. The summed E-state index contributed by atoms with van der Waals surface area (Å²) in [5, 5.41) is 14.6. The Morgan fingerprint density at radius 2 is 2.03 bits per heavy atom. The second kappa shape index (κ2) is 9.92. The lowest BCUT2D eigenvalue weighted by Crippen LogP contribution is -2.41. The Bertz CT molecular complexity index is 1200. The molecule has 4 rings (SSSR count). The van der Waals surface area contributed by atoms with Crippen molar-refractivity contribution in [1.82, 2.24) is 19.8 Å². The monoisotopic (exact) mass is 524 g/mol. The van der Waals surface area contributed by atoms with Crippen molar-refractivity contribution in [2.24, 2.45) is 18.9 Å². The predicted octanol–water partition coefficient (Wildman–Crippen LogP) is 2.92. The van der Waals surface area contributed by atoms with Gasteiger partial charge in [-0.25, -0.2) is 13.1 Å². The number of hydrogen-bond acceptors (Lipinski definition) is 6. The summed E-state index contributed by atoms with van der Waals surface area (Å²) in [6, 6.07) is 1.88. The molecule has 2 aliphatic rings. The van der Waals surface area contributed by atoms with Gasteiger partial charge in [-0.3, -0.25) is 9.48 Å². The molecule has 2 heterocycles. The second-order valence-electron chi connectivity index (χ2n) is 9.50. The average molecular weight is 525 g/mol. The van der Waals surface area contributed by atoms with E-state index in [1.54, 1.807) is 4.68 Å². The van der Waals surface area contributed by atoms with Gasteiger partial charge in [-0.15, -0.1) is 11.3 Å². The molecule has 0 saturated heterocycles. The van der Waals surface area contributed by atoms with E-state index in [1.807, 2.05) is 33.9 Å². The third kappa shape index (κ3) is 5.78. The maximum Gasteiger partial charge on any atom is 0.243 e. The number of carbonyl (C=O) groups is 1. The fourth-order valence-corrected chi connectivity index (χ4v) is 7.48. The van der Waals surface area contributed by atoms with Crippen molar-refractivity contribution in [1.29, 1.82) is 0 Å². The summed E-state index contributed by atoms with van der Waals surface area (Å²) in [5.41, 5.74) is 1.66. The number of aromatic nitrogens is 2. The van der Waals surface area contributed by atoms with Crippen LogP contribution in [0.1, 0.15) is 49.2 Å². The van der Waals surface area contributed by atoms with Crippen molar-refractivity contribution in [3.05, 3.63) is 22.2 Å². The van der Waals surface area contributed by atoms with Crippen LogP contribution < -0.4 is 20.7 Å². The number of hydrogen-bond donors (Lipinski definition) is 4. The lowest BCUT2D eigenvalue weighted by molar-refractivity contribution is -0.117. The number of thiocarbonyl (C=S) groups is 1. The van der Waals surface area contributed by atoms with Crippen LogP contribution in [0.5, 0.6) is 0 Å². The van der Waals surface area contributed by atoms with Crippen LogP contribution >= 0.6 is 23.6 Å². The van der Waals surface area contributed by atoms with Crippen LogP contribution in [0.15, 0.2) is 11.0 Å². The summed E-state index contributed by atoms with van der Waals surface area (Å²) >= 11 is 6.90. The van der Waals surface area contributed by atoms with Gasteiger partial charge < -0.3 is 16.0 Å². The van der Waals surface area contributed by atoms with Crippen LogP contribution in [0.3, 0.4) is 0 Å². The minimum Gasteiger partial charge on any atom is -0.359 e. The highest BCUT2D eigenvalue weighted by molar-refractivity contribution is 7.90. The molecule has 34 heavy (non-hydrogen) atoms. The maximum absolute atomic E-state index is 13.3. The third-order valence-corrected chi connectivity index (χ3v) is 9.02. The van der Waals surface area contributed by atoms with E-state index in [1.165, 1.54) is 11.3 Å². The van der Waals surface area contributed by atoms with Crippen LogP contribution in [0.2, 0.25) is 0 Å².